The van der Waals surface area contributed by atoms with Crippen molar-refractivity contribution in [3.63, 3.8) is 0 Å². The number of aromatic nitrogens is 1. The molecule has 7 nitrogen and oxygen atoms in total. The Morgan fingerprint density at radius 2 is 2.11 bits per heavy atom. The van der Waals surface area contributed by atoms with Gasteiger partial charge in [0.1, 0.15) is 5.82 Å². The van der Waals surface area contributed by atoms with Gasteiger partial charge in [0.15, 0.2) is 5.96 Å². The van der Waals surface area contributed by atoms with Crippen molar-refractivity contribution >= 4 is 23.4 Å². The number of hydrogen-bond acceptors (Lipinski definition) is 5. The van der Waals surface area contributed by atoms with E-state index < -0.39 is 0 Å². The Balaban J connectivity index is 1.53. The third kappa shape index (κ3) is 5.72. The van der Waals surface area contributed by atoms with Crippen LogP contribution >= 0.6 is 11.6 Å². The quantitative estimate of drug-likeness (QED) is 0.550. The maximum atomic E-state index is 6.31. The number of halogens is 1. The van der Waals surface area contributed by atoms with Gasteiger partial charge in [-0.25, -0.2) is 4.98 Å². The Bertz CT molecular complexity index is 645. The van der Waals surface area contributed by atoms with E-state index in [0.29, 0.717) is 17.1 Å². The van der Waals surface area contributed by atoms with E-state index >= 15 is 0 Å². The van der Waals surface area contributed by atoms with Crippen molar-refractivity contribution in [3.8, 4) is 0 Å². The number of rotatable bonds is 6. The molecule has 2 aliphatic heterocycles. The van der Waals surface area contributed by atoms with Crippen molar-refractivity contribution in [2.24, 2.45) is 4.99 Å². The van der Waals surface area contributed by atoms with E-state index in [2.05, 4.69) is 51.2 Å². The van der Waals surface area contributed by atoms with Gasteiger partial charge in [-0.05, 0) is 39.4 Å². The number of hydrogen-bond donors (Lipinski definition) is 2. The molecular weight excluding hydrogens is 374 g/mol. The van der Waals surface area contributed by atoms with E-state index in [9.17, 15) is 0 Å². The number of guanidine groups is 1. The molecule has 3 heterocycles. The zero-order valence-electron chi connectivity index (χ0n) is 17.4. The number of nitrogens with one attached hydrogen (secondary N) is 2. The molecule has 0 amide bonds. The summed E-state index contributed by atoms with van der Waals surface area (Å²) in [7, 11) is 2.19. The van der Waals surface area contributed by atoms with E-state index in [0.717, 1.165) is 70.6 Å². The maximum absolute atomic E-state index is 6.31. The molecule has 2 fully saturated rings. The molecule has 0 spiro atoms. The second kappa shape index (κ2) is 10.3. The highest BCUT2D eigenvalue weighted by molar-refractivity contribution is 6.32. The molecule has 2 aliphatic rings. The van der Waals surface area contributed by atoms with Crippen molar-refractivity contribution < 1.29 is 0 Å². The second-order valence-corrected chi connectivity index (χ2v) is 8.20. The summed E-state index contributed by atoms with van der Waals surface area (Å²) < 4.78 is 0. The van der Waals surface area contributed by atoms with Crippen LogP contribution in [-0.2, 0) is 0 Å². The van der Waals surface area contributed by atoms with Gasteiger partial charge in [-0.2, -0.15) is 0 Å². The zero-order valence-corrected chi connectivity index (χ0v) is 18.1. The van der Waals surface area contributed by atoms with Crippen LogP contribution in [0.1, 0.15) is 20.3 Å². The minimum absolute atomic E-state index is 0.342. The van der Waals surface area contributed by atoms with Crippen molar-refractivity contribution in [2.45, 2.75) is 32.4 Å². The summed E-state index contributed by atoms with van der Waals surface area (Å²) in [5.74, 6) is 1.78. The zero-order chi connectivity index (χ0) is 19.9. The van der Waals surface area contributed by atoms with Gasteiger partial charge in [0, 0.05) is 64.1 Å². The van der Waals surface area contributed by atoms with Crippen molar-refractivity contribution in [1.29, 1.82) is 0 Å². The van der Waals surface area contributed by atoms with Gasteiger partial charge in [-0.15, -0.1) is 0 Å². The van der Waals surface area contributed by atoms with Crippen LogP contribution in [0.3, 0.4) is 0 Å². The molecule has 0 radical (unpaired) electrons. The fourth-order valence-corrected chi connectivity index (χ4v) is 4.04. The normalized spacial score (nSPS) is 23.1. The predicted molar refractivity (Wildman–Crippen MR) is 118 cm³/mol. The van der Waals surface area contributed by atoms with Crippen LogP contribution in [-0.4, -0.2) is 92.2 Å². The highest BCUT2D eigenvalue weighted by Gasteiger charge is 2.25. The van der Waals surface area contributed by atoms with Crippen molar-refractivity contribution in [1.82, 2.24) is 25.4 Å². The lowest BCUT2D eigenvalue weighted by Gasteiger charge is -2.36. The van der Waals surface area contributed by atoms with E-state index in [4.69, 9.17) is 16.6 Å². The molecule has 3 rings (SSSR count). The molecule has 0 aromatic carbocycles. The first-order valence-electron chi connectivity index (χ1n) is 10.4. The Morgan fingerprint density at radius 1 is 1.32 bits per heavy atom. The van der Waals surface area contributed by atoms with E-state index in [-0.39, 0.29) is 0 Å². The number of pyridine rings is 1. The summed E-state index contributed by atoms with van der Waals surface area (Å²) in [6, 6.07) is 4.57. The van der Waals surface area contributed by atoms with Gasteiger partial charge >= 0.3 is 0 Å². The molecular formula is C20H34ClN7. The van der Waals surface area contributed by atoms with Gasteiger partial charge in [0.25, 0.3) is 0 Å². The average Bonchev–Trinajstić information content (AvgIpc) is 3.15. The smallest absolute Gasteiger partial charge is 0.191 e. The van der Waals surface area contributed by atoms with Crippen LogP contribution < -0.4 is 15.5 Å². The van der Waals surface area contributed by atoms with Crippen LogP contribution in [0.5, 0.6) is 0 Å². The molecule has 156 valence electrons. The van der Waals surface area contributed by atoms with E-state index in [1.165, 1.54) is 0 Å². The minimum atomic E-state index is 0.342. The summed E-state index contributed by atoms with van der Waals surface area (Å²) in [6.45, 7) is 12.4. The Hall–Kier alpha value is -1.57. The summed E-state index contributed by atoms with van der Waals surface area (Å²) in [4.78, 5) is 16.5. The second-order valence-electron chi connectivity index (χ2n) is 7.79. The van der Waals surface area contributed by atoms with Crippen LogP contribution in [0.25, 0.3) is 0 Å². The number of likely N-dealkylation sites (N-methyl/N-ethyl adjacent to an activating group) is 1. The highest BCUT2D eigenvalue weighted by atomic mass is 35.5. The van der Waals surface area contributed by atoms with Crippen LogP contribution in [0.15, 0.2) is 23.3 Å². The summed E-state index contributed by atoms with van der Waals surface area (Å²) in [5, 5.41) is 7.71. The predicted octanol–water partition coefficient (Wildman–Crippen LogP) is 1.50. The standard InChI is InChI=1S/C20H34ClN7/c1-4-22-20(24-14-16(2)27-12-10-26(3)11-13-27)25-17-7-9-28(15-17)19-18(21)6-5-8-23-19/h5-6,8,16-17H,4,7,9-15H2,1-3H3,(H2,22,24,25). The first kappa shape index (κ1) is 21.1. The lowest BCUT2D eigenvalue weighted by atomic mass is 10.2. The topological polar surface area (TPSA) is 59.0 Å². The number of piperazine rings is 1. The van der Waals surface area contributed by atoms with E-state index in [1.807, 2.05) is 12.1 Å². The van der Waals surface area contributed by atoms with Crippen LogP contribution in [0, 0.1) is 0 Å². The minimum Gasteiger partial charge on any atom is -0.357 e. The summed E-state index contributed by atoms with van der Waals surface area (Å²) in [5.41, 5.74) is 0. The molecule has 8 heteroatoms. The van der Waals surface area contributed by atoms with Crippen LogP contribution in [0.2, 0.25) is 5.02 Å². The molecule has 0 saturated carbocycles. The monoisotopic (exact) mass is 407 g/mol. The third-order valence-corrected chi connectivity index (χ3v) is 5.88. The van der Waals surface area contributed by atoms with E-state index in [1.54, 1.807) is 6.20 Å². The Labute approximate surface area is 174 Å². The fourth-order valence-electron chi connectivity index (χ4n) is 3.80. The molecule has 1 aromatic rings. The van der Waals surface area contributed by atoms with Gasteiger partial charge in [-0.3, -0.25) is 9.89 Å². The lowest BCUT2D eigenvalue weighted by molar-refractivity contribution is 0.122. The Morgan fingerprint density at radius 3 is 2.82 bits per heavy atom. The first-order chi connectivity index (χ1) is 13.6. The van der Waals surface area contributed by atoms with Gasteiger partial charge < -0.3 is 20.4 Å². The molecule has 2 N–H and O–H groups in total. The van der Waals surface area contributed by atoms with Gasteiger partial charge in [0.05, 0.1) is 11.6 Å². The molecule has 2 unspecified atom stereocenters. The lowest BCUT2D eigenvalue weighted by Crippen LogP contribution is -2.49. The van der Waals surface area contributed by atoms with Crippen molar-refractivity contribution in [3.05, 3.63) is 23.4 Å². The average molecular weight is 408 g/mol. The maximum Gasteiger partial charge on any atom is 0.191 e. The molecule has 2 saturated heterocycles. The third-order valence-electron chi connectivity index (χ3n) is 5.59. The molecule has 0 aliphatic carbocycles. The number of aliphatic imine (C=N–C) groups is 1. The van der Waals surface area contributed by atoms with Crippen LogP contribution in [0.4, 0.5) is 5.82 Å². The van der Waals surface area contributed by atoms with Gasteiger partial charge in [-0.1, -0.05) is 11.6 Å². The number of anilines is 1. The molecule has 28 heavy (non-hydrogen) atoms. The fraction of sp³-hybridized carbons (Fsp3) is 0.700. The first-order valence-corrected chi connectivity index (χ1v) is 10.8. The summed E-state index contributed by atoms with van der Waals surface area (Å²) in [6.07, 6.45) is 2.85. The summed E-state index contributed by atoms with van der Waals surface area (Å²) >= 11 is 6.31. The molecule has 2 atom stereocenters. The largest absolute Gasteiger partial charge is 0.357 e. The van der Waals surface area contributed by atoms with Crippen molar-refractivity contribution in [2.75, 3.05) is 64.3 Å². The van der Waals surface area contributed by atoms with Gasteiger partial charge in [0.2, 0.25) is 0 Å². The Kier molecular flexibility index (Phi) is 7.76. The SMILES string of the molecule is CCNC(=NCC(C)N1CCN(C)CC1)NC1CCN(c2ncccc2Cl)C1. The molecule has 1 aromatic heterocycles. The molecule has 0 bridgehead atoms. The highest BCUT2D eigenvalue weighted by Crippen LogP contribution is 2.25. The number of nitrogens with zero attached hydrogens (tertiary/aromatic N) is 5.